The van der Waals surface area contributed by atoms with E-state index >= 15 is 0 Å². The Morgan fingerprint density at radius 1 is 1.27 bits per heavy atom. The van der Waals surface area contributed by atoms with E-state index in [0.29, 0.717) is 6.04 Å². The van der Waals surface area contributed by atoms with Crippen molar-refractivity contribution in [3.05, 3.63) is 0 Å². The van der Waals surface area contributed by atoms with Crippen molar-refractivity contribution < 1.29 is 0 Å². The molecule has 1 aliphatic rings. The first kappa shape index (κ1) is 14.0. The second-order valence-corrected chi connectivity index (χ2v) is 3.14. The lowest BCUT2D eigenvalue weighted by atomic mass is 9.87. The molecule has 0 aliphatic heterocycles. The highest BCUT2D eigenvalue weighted by atomic mass is 35.5. The zero-order chi connectivity index (χ0) is 6.69. The van der Waals surface area contributed by atoms with E-state index in [-0.39, 0.29) is 24.8 Å². The van der Waals surface area contributed by atoms with Gasteiger partial charge >= 0.3 is 0 Å². The predicted octanol–water partition coefficient (Wildman–Crippen LogP) is 1.87. The minimum atomic E-state index is 0. The van der Waals surface area contributed by atoms with Gasteiger partial charge in [-0.05, 0) is 18.8 Å². The third kappa shape index (κ3) is 4.86. The maximum Gasteiger partial charge on any atom is 0.0213 e. The van der Waals surface area contributed by atoms with Gasteiger partial charge in [0.2, 0.25) is 0 Å². The largest absolute Gasteiger partial charge is 0.271 e. The minimum Gasteiger partial charge on any atom is -0.271 e. The first-order valence-corrected chi connectivity index (χ1v) is 3.79. The van der Waals surface area contributed by atoms with E-state index in [1.807, 2.05) is 0 Å². The molecule has 0 radical (unpaired) electrons. The van der Waals surface area contributed by atoms with E-state index in [9.17, 15) is 0 Å². The van der Waals surface area contributed by atoms with Crippen LogP contribution in [-0.2, 0) is 0 Å². The number of hydrogen-bond donors (Lipinski definition) is 2. The van der Waals surface area contributed by atoms with Crippen LogP contribution in [-0.4, -0.2) is 6.04 Å². The lowest BCUT2D eigenvalue weighted by Crippen LogP contribution is -2.38. The molecule has 0 heterocycles. The smallest absolute Gasteiger partial charge is 0.0213 e. The van der Waals surface area contributed by atoms with Crippen molar-refractivity contribution in [1.29, 1.82) is 0 Å². The van der Waals surface area contributed by atoms with Gasteiger partial charge in [0.1, 0.15) is 0 Å². The molecular formula is C7H18Cl2N2. The average Bonchev–Trinajstić information content (AvgIpc) is 1.88. The molecule has 0 aromatic heterocycles. The number of rotatable bonds is 1. The van der Waals surface area contributed by atoms with Gasteiger partial charge in [0.15, 0.2) is 0 Å². The van der Waals surface area contributed by atoms with Gasteiger partial charge in [-0.15, -0.1) is 24.8 Å². The number of nitrogens with two attached hydrogens (primary N) is 1. The molecule has 1 rings (SSSR count). The molecule has 0 bridgehead atoms. The van der Waals surface area contributed by atoms with Crippen molar-refractivity contribution in [2.24, 2.45) is 11.8 Å². The highest BCUT2D eigenvalue weighted by Gasteiger charge is 2.16. The topological polar surface area (TPSA) is 38.0 Å². The summed E-state index contributed by atoms with van der Waals surface area (Å²) in [6, 6.07) is 0.591. The van der Waals surface area contributed by atoms with Gasteiger partial charge in [-0.1, -0.05) is 19.8 Å². The van der Waals surface area contributed by atoms with Crippen LogP contribution in [0.5, 0.6) is 0 Å². The molecular weight excluding hydrogens is 183 g/mol. The first-order chi connectivity index (χ1) is 4.33. The lowest BCUT2D eigenvalue weighted by Gasteiger charge is -2.25. The third-order valence-electron chi connectivity index (χ3n) is 2.17. The summed E-state index contributed by atoms with van der Waals surface area (Å²) in [7, 11) is 0. The van der Waals surface area contributed by atoms with Crippen molar-refractivity contribution in [1.82, 2.24) is 5.43 Å². The summed E-state index contributed by atoms with van der Waals surface area (Å²) < 4.78 is 0. The summed E-state index contributed by atoms with van der Waals surface area (Å²) in [5, 5.41) is 0. The normalized spacial score (nSPS) is 30.0. The van der Waals surface area contributed by atoms with E-state index in [1.165, 1.54) is 25.7 Å². The average molecular weight is 201 g/mol. The van der Waals surface area contributed by atoms with Crippen molar-refractivity contribution in [3.8, 4) is 0 Å². The van der Waals surface area contributed by atoms with Crippen LogP contribution in [0.15, 0.2) is 0 Å². The maximum atomic E-state index is 5.32. The summed E-state index contributed by atoms with van der Waals surface area (Å²) in [6.45, 7) is 2.30. The first-order valence-electron chi connectivity index (χ1n) is 3.79. The predicted molar refractivity (Wildman–Crippen MR) is 53.2 cm³/mol. The molecule has 3 N–H and O–H groups in total. The molecule has 4 heteroatoms. The lowest BCUT2D eigenvalue weighted by molar-refractivity contribution is 0.304. The summed E-state index contributed by atoms with van der Waals surface area (Å²) in [5.41, 5.74) is 2.83. The van der Waals surface area contributed by atoms with Crippen LogP contribution in [0.3, 0.4) is 0 Å². The Hall–Kier alpha value is 0.500. The maximum absolute atomic E-state index is 5.32. The van der Waals surface area contributed by atoms with Gasteiger partial charge in [-0.3, -0.25) is 11.3 Å². The number of nitrogens with one attached hydrogen (secondary N) is 1. The van der Waals surface area contributed by atoms with Crippen LogP contribution in [0, 0.1) is 5.92 Å². The molecule has 1 fully saturated rings. The van der Waals surface area contributed by atoms with Gasteiger partial charge in [0.25, 0.3) is 0 Å². The van der Waals surface area contributed by atoms with E-state index in [2.05, 4.69) is 12.3 Å². The van der Waals surface area contributed by atoms with E-state index in [0.717, 1.165) is 5.92 Å². The Morgan fingerprint density at radius 2 is 1.91 bits per heavy atom. The van der Waals surface area contributed by atoms with Crippen LogP contribution < -0.4 is 11.3 Å². The molecule has 0 spiro atoms. The monoisotopic (exact) mass is 200 g/mol. The summed E-state index contributed by atoms with van der Waals surface area (Å²) in [6.07, 6.45) is 5.26. The van der Waals surface area contributed by atoms with Crippen LogP contribution in [0.25, 0.3) is 0 Å². The number of hydrazine groups is 1. The van der Waals surface area contributed by atoms with Crippen molar-refractivity contribution in [2.75, 3.05) is 0 Å². The highest BCUT2D eigenvalue weighted by Crippen LogP contribution is 2.22. The molecule has 0 saturated heterocycles. The van der Waals surface area contributed by atoms with Crippen LogP contribution in [0.2, 0.25) is 0 Å². The Balaban J connectivity index is 0. The molecule has 1 saturated carbocycles. The van der Waals surface area contributed by atoms with Crippen molar-refractivity contribution in [2.45, 2.75) is 38.6 Å². The fourth-order valence-electron chi connectivity index (χ4n) is 1.59. The molecule has 2 nitrogen and oxygen atoms in total. The van der Waals surface area contributed by atoms with Gasteiger partial charge in [-0.25, -0.2) is 0 Å². The van der Waals surface area contributed by atoms with Crippen molar-refractivity contribution in [3.63, 3.8) is 0 Å². The van der Waals surface area contributed by atoms with Crippen LogP contribution in [0.4, 0.5) is 0 Å². The summed E-state index contributed by atoms with van der Waals surface area (Å²) >= 11 is 0. The highest BCUT2D eigenvalue weighted by molar-refractivity contribution is 5.85. The van der Waals surface area contributed by atoms with E-state index < -0.39 is 0 Å². The number of hydrogen-bond acceptors (Lipinski definition) is 2. The summed E-state index contributed by atoms with van der Waals surface area (Å²) in [5.74, 6) is 6.19. The van der Waals surface area contributed by atoms with Gasteiger partial charge < -0.3 is 0 Å². The van der Waals surface area contributed by atoms with Gasteiger partial charge in [-0.2, -0.15) is 0 Å². The fraction of sp³-hybridized carbons (Fsp3) is 1.00. The molecule has 0 unspecified atom stereocenters. The Bertz CT molecular complexity index is 90.5. The third-order valence-corrected chi connectivity index (χ3v) is 2.17. The van der Waals surface area contributed by atoms with E-state index in [4.69, 9.17) is 5.84 Å². The Labute approximate surface area is 81.1 Å². The summed E-state index contributed by atoms with van der Waals surface area (Å²) in [4.78, 5) is 0. The number of halogens is 2. The quantitative estimate of drug-likeness (QED) is 0.502. The molecule has 2 atom stereocenters. The fourth-order valence-corrected chi connectivity index (χ4v) is 1.59. The molecule has 11 heavy (non-hydrogen) atoms. The second-order valence-electron chi connectivity index (χ2n) is 3.14. The minimum absolute atomic E-state index is 0. The molecule has 70 valence electrons. The van der Waals surface area contributed by atoms with Crippen molar-refractivity contribution >= 4 is 24.8 Å². The zero-order valence-corrected chi connectivity index (χ0v) is 8.51. The Kier molecular flexibility index (Phi) is 9.15. The standard InChI is InChI=1S/C7H16N2.2ClH/c1-6-3-2-4-7(5-6)9-8;;/h6-7,9H,2-5,8H2,1H3;2*1H/t6-,7+;;/m1../s1. The second kappa shape index (κ2) is 7.17. The Morgan fingerprint density at radius 3 is 2.27 bits per heavy atom. The van der Waals surface area contributed by atoms with Crippen LogP contribution >= 0.6 is 24.8 Å². The van der Waals surface area contributed by atoms with Gasteiger partial charge in [0.05, 0.1) is 0 Å². The molecule has 1 aliphatic carbocycles. The van der Waals surface area contributed by atoms with E-state index in [1.54, 1.807) is 0 Å². The molecule has 0 amide bonds. The molecule has 0 aromatic rings. The zero-order valence-electron chi connectivity index (χ0n) is 6.88. The SMILES string of the molecule is C[C@@H]1CCC[C@H](NN)C1.Cl.Cl. The molecule has 0 aromatic carbocycles. The van der Waals surface area contributed by atoms with Crippen LogP contribution in [0.1, 0.15) is 32.6 Å². The van der Waals surface area contributed by atoms with Gasteiger partial charge in [0, 0.05) is 6.04 Å².